The lowest BCUT2D eigenvalue weighted by atomic mass is 10.1. The first-order valence-electron chi connectivity index (χ1n) is 7.86. The Hall–Kier alpha value is -2.89. The van der Waals surface area contributed by atoms with E-state index in [2.05, 4.69) is 10.1 Å². The third-order valence-electron chi connectivity index (χ3n) is 3.67. The fourth-order valence-corrected chi connectivity index (χ4v) is 2.21. The van der Waals surface area contributed by atoms with Crippen LogP contribution in [0, 0.1) is 12.7 Å². The Morgan fingerprint density at radius 2 is 1.84 bits per heavy atom. The molecule has 0 spiro atoms. The first-order chi connectivity index (χ1) is 11.9. The lowest BCUT2D eigenvalue weighted by molar-refractivity contribution is -0.122. The highest BCUT2D eigenvalue weighted by Gasteiger charge is 2.20. The Kier molecular flexibility index (Phi) is 6.11. The van der Waals surface area contributed by atoms with Gasteiger partial charge in [0.25, 0.3) is 5.91 Å². The third kappa shape index (κ3) is 4.79. The standard InChI is InChI=1S/C19H20FNO4/c1-4-17(25-15-9-7-14(20)8-10-15)18(22)21-16-11-13(19(23)24-3)6-5-12(16)2/h5-11,17H,4H2,1-3H3,(H,21,22). The highest BCUT2D eigenvalue weighted by atomic mass is 19.1. The van der Waals surface area contributed by atoms with Gasteiger partial charge in [0.1, 0.15) is 11.6 Å². The Morgan fingerprint density at radius 1 is 1.16 bits per heavy atom. The predicted molar refractivity (Wildman–Crippen MR) is 92.3 cm³/mol. The Labute approximate surface area is 145 Å². The third-order valence-corrected chi connectivity index (χ3v) is 3.67. The molecule has 2 aromatic rings. The van der Waals surface area contributed by atoms with Gasteiger partial charge in [0.05, 0.1) is 12.7 Å². The van der Waals surface area contributed by atoms with Crippen molar-refractivity contribution in [1.82, 2.24) is 0 Å². The second-order valence-electron chi connectivity index (χ2n) is 5.48. The Bertz CT molecular complexity index is 759. The van der Waals surface area contributed by atoms with Gasteiger partial charge < -0.3 is 14.8 Å². The summed E-state index contributed by atoms with van der Waals surface area (Å²) in [4.78, 5) is 24.1. The molecule has 0 saturated carbocycles. The van der Waals surface area contributed by atoms with Crippen LogP contribution in [0.3, 0.4) is 0 Å². The molecule has 6 heteroatoms. The number of carbonyl (C=O) groups excluding carboxylic acids is 2. The molecule has 1 atom stereocenters. The van der Waals surface area contributed by atoms with Crippen LogP contribution in [0.25, 0.3) is 0 Å². The normalized spacial score (nSPS) is 11.5. The second-order valence-corrected chi connectivity index (χ2v) is 5.48. The van der Waals surface area contributed by atoms with E-state index in [1.54, 1.807) is 18.2 Å². The molecule has 0 aliphatic carbocycles. The molecular weight excluding hydrogens is 325 g/mol. The number of carbonyl (C=O) groups is 2. The number of nitrogens with one attached hydrogen (secondary N) is 1. The van der Waals surface area contributed by atoms with Crippen molar-refractivity contribution in [3.63, 3.8) is 0 Å². The molecule has 1 N–H and O–H groups in total. The van der Waals surface area contributed by atoms with Crippen molar-refractivity contribution in [1.29, 1.82) is 0 Å². The molecule has 5 nitrogen and oxygen atoms in total. The topological polar surface area (TPSA) is 64.6 Å². The highest BCUT2D eigenvalue weighted by molar-refractivity contribution is 5.97. The molecule has 0 radical (unpaired) electrons. The van der Waals surface area contributed by atoms with Gasteiger partial charge in [0.2, 0.25) is 0 Å². The van der Waals surface area contributed by atoms with E-state index in [1.807, 2.05) is 13.8 Å². The highest BCUT2D eigenvalue weighted by Crippen LogP contribution is 2.20. The van der Waals surface area contributed by atoms with Crippen molar-refractivity contribution >= 4 is 17.6 Å². The van der Waals surface area contributed by atoms with Gasteiger partial charge >= 0.3 is 5.97 Å². The second kappa shape index (κ2) is 8.28. The zero-order valence-corrected chi connectivity index (χ0v) is 14.3. The van der Waals surface area contributed by atoms with E-state index in [4.69, 9.17) is 4.74 Å². The van der Waals surface area contributed by atoms with Gasteiger partial charge in [0, 0.05) is 5.69 Å². The van der Waals surface area contributed by atoms with Crippen molar-refractivity contribution in [3.05, 3.63) is 59.4 Å². The minimum atomic E-state index is -0.744. The molecule has 2 aromatic carbocycles. The maximum atomic E-state index is 13.0. The molecule has 132 valence electrons. The van der Waals surface area contributed by atoms with E-state index in [-0.39, 0.29) is 11.7 Å². The number of amides is 1. The maximum absolute atomic E-state index is 13.0. The van der Waals surface area contributed by atoms with Gasteiger partial charge in [-0.3, -0.25) is 4.79 Å². The number of anilines is 1. The monoisotopic (exact) mass is 345 g/mol. The number of hydrogen-bond donors (Lipinski definition) is 1. The van der Waals surface area contributed by atoms with Gasteiger partial charge in [-0.05, 0) is 55.3 Å². The summed E-state index contributed by atoms with van der Waals surface area (Å²) < 4.78 is 23.3. The molecule has 0 fully saturated rings. The van der Waals surface area contributed by atoms with Crippen LogP contribution >= 0.6 is 0 Å². The zero-order chi connectivity index (χ0) is 18.4. The van der Waals surface area contributed by atoms with Gasteiger partial charge in [-0.15, -0.1) is 0 Å². The van der Waals surface area contributed by atoms with Crippen LogP contribution in [-0.2, 0) is 9.53 Å². The minimum Gasteiger partial charge on any atom is -0.481 e. The fraction of sp³-hybridized carbons (Fsp3) is 0.263. The van der Waals surface area contributed by atoms with E-state index >= 15 is 0 Å². The summed E-state index contributed by atoms with van der Waals surface area (Å²) in [5.41, 5.74) is 1.66. The Balaban J connectivity index is 2.13. The number of aryl methyl sites for hydroxylation is 1. The van der Waals surface area contributed by atoms with Gasteiger partial charge in [-0.25, -0.2) is 9.18 Å². The fourth-order valence-electron chi connectivity index (χ4n) is 2.21. The Morgan fingerprint density at radius 3 is 2.44 bits per heavy atom. The molecule has 0 aliphatic heterocycles. The van der Waals surface area contributed by atoms with Gasteiger partial charge in [0.15, 0.2) is 6.10 Å². The van der Waals surface area contributed by atoms with Crippen LogP contribution < -0.4 is 10.1 Å². The quantitative estimate of drug-likeness (QED) is 0.811. The molecule has 2 rings (SSSR count). The summed E-state index contributed by atoms with van der Waals surface area (Å²) in [6, 6.07) is 10.4. The molecular formula is C19H20FNO4. The van der Waals surface area contributed by atoms with Crippen LogP contribution in [0.2, 0.25) is 0 Å². The first kappa shape index (κ1) is 18.4. The molecule has 0 heterocycles. The summed E-state index contributed by atoms with van der Waals surface area (Å²) in [7, 11) is 1.30. The van der Waals surface area contributed by atoms with Crippen LogP contribution in [0.4, 0.5) is 10.1 Å². The summed E-state index contributed by atoms with van der Waals surface area (Å²) in [5, 5.41) is 2.77. The van der Waals surface area contributed by atoms with Crippen molar-refractivity contribution in [2.75, 3.05) is 12.4 Å². The van der Waals surface area contributed by atoms with Gasteiger partial charge in [-0.1, -0.05) is 13.0 Å². The van der Waals surface area contributed by atoms with E-state index in [0.717, 1.165) is 5.56 Å². The van der Waals surface area contributed by atoms with E-state index in [1.165, 1.54) is 31.4 Å². The molecule has 0 saturated heterocycles. The average molecular weight is 345 g/mol. The number of esters is 1. The number of hydrogen-bond acceptors (Lipinski definition) is 4. The molecule has 0 aromatic heterocycles. The summed E-state index contributed by atoms with van der Waals surface area (Å²) in [6.45, 7) is 3.63. The summed E-state index contributed by atoms with van der Waals surface area (Å²) in [5.74, 6) is -0.800. The van der Waals surface area contributed by atoms with Crippen LogP contribution in [0.1, 0.15) is 29.3 Å². The SMILES string of the molecule is CCC(Oc1ccc(F)cc1)C(=O)Nc1cc(C(=O)OC)ccc1C. The average Bonchev–Trinajstić information content (AvgIpc) is 2.62. The van der Waals surface area contributed by atoms with Crippen molar-refractivity contribution in [3.8, 4) is 5.75 Å². The molecule has 1 unspecified atom stereocenters. The van der Waals surface area contributed by atoms with Crippen LogP contribution in [-0.4, -0.2) is 25.1 Å². The van der Waals surface area contributed by atoms with Crippen LogP contribution in [0.15, 0.2) is 42.5 Å². The predicted octanol–water partition coefficient (Wildman–Crippen LogP) is 3.72. The maximum Gasteiger partial charge on any atom is 0.337 e. The lowest BCUT2D eigenvalue weighted by Gasteiger charge is -2.18. The van der Waals surface area contributed by atoms with Gasteiger partial charge in [-0.2, -0.15) is 0 Å². The number of ether oxygens (including phenoxy) is 2. The largest absolute Gasteiger partial charge is 0.481 e. The smallest absolute Gasteiger partial charge is 0.337 e. The molecule has 0 bridgehead atoms. The number of rotatable bonds is 6. The minimum absolute atomic E-state index is 0.343. The van der Waals surface area contributed by atoms with E-state index in [9.17, 15) is 14.0 Å². The number of methoxy groups -OCH3 is 1. The van der Waals surface area contributed by atoms with Crippen molar-refractivity contribution < 1.29 is 23.5 Å². The van der Waals surface area contributed by atoms with E-state index < -0.39 is 12.1 Å². The zero-order valence-electron chi connectivity index (χ0n) is 14.3. The number of benzene rings is 2. The van der Waals surface area contributed by atoms with E-state index in [0.29, 0.717) is 23.4 Å². The number of halogens is 1. The summed E-state index contributed by atoms with van der Waals surface area (Å²) in [6.07, 6.45) is -0.314. The first-order valence-corrected chi connectivity index (χ1v) is 7.86. The summed E-state index contributed by atoms with van der Waals surface area (Å²) >= 11 is 0. The molecule has 1 amide bonds. The van der Waals surface area contributed by atoms with Crippen molar-refractivity contribution in [2.45, 2.75) is 26.4 Å². The lowest BCUT2D eigenvalue weighted by Crippen LogP contribution is -2.32. The van der Waals surface area contributed by atoms with Crippen molar-refractivity contribution in [2.24, 2.45) is 0 Å². The molecule has 25 heavy (non-hydrogen) atoms. The van der Waals surface area contributed by atoms with Crippen LogP contribution in [0.5, 0.6) is 5.75 Å². The molecule has 0 aliphatic rings.